The van der Waals surface area contributed by atoms with E-state index in [1.807, 2.05) is 29.5 Å². The van der Waals surface area contributed by atoms with Gasteiger partial charge in [-0.15, -0.1) is 0 Å². The number of carbonyl (C=O) groups is 1. The third kappa shape index (κ3) is 2.43. The summed E-state index contributed by atoms with van der Waals surface area (Å²) in [6.45, 7) is 1.85. The molecule has 0 unspecified atom stereocenters. The number of halogens is 2. The van der Waals surface area contributed by atoms with Gasteiger partial charge in [0, 0.05) is 0 Å². The Balaban J connectivity index is 3.06. The van der Waals surface area contributed by atoms with Crippen molar-refractivity contribution in [1.29, 1.82) is 0 Å². The fraction of sp³-hybridized carbons (Fsp3) is 0.300. The summed E-state index contributed by atoms with van der Waals surface area (Å²) in [7, 11) is 1.32. The van der Waals surface area contributed by atoms with Gasteiger partial charge in [-0.2, -0.15) is 0 Å². The number of rotatable bonds is 2. The van der Waals surface area contributed by atoms with Crippen LogP contribution >= 0.6 is 22.6 Å². The Hall–Kier alpha value is -0.650. The Labute approximate surface area is 95.6 Å². The topological polar surface area (TPSA) is 26.3 Å². The highest BCUT2D eigenvalue weighted by molar-refractivity contribution is 14.1. The number of hydrogen-bond acceptors (Lipinski definition) is 2. The fourth-order valence-corrected chi connectivity index (χ4v) is 1.92. The van der Waals surface area contributed by atoms with Gasteiger partial charge in [0.2, 0.25) is 0 Å². The highest BCUT2D eigenvalue weighted by Gasteiger charge is 2.12. The van der Waals surface area contributed by atoms with E-state index in [1.54, 1.807) is 6.07 Å². The zero-order valence-electron chi connectivity index (χ0n) is 7.93. The number of carbonyl (C=O) groups excluding carboxylic acids is 1. The molecule has 0 bridgehead atoms. The van der Waals surface area contributed by atoms with E-state index in [2.05, 4.69) is 4.74 Å². The lowest BCUT2D eigenvalue weighted by molar-refractivity contribution is -0.139. The van der Waals surface area contributed by atoms with Crippen LogP contribution in [0, 0.1) is 16.3 Å². The van der Waals surface area contributed by atoms with Crippen LogP contribution in [0.25, 0.3) is 0 Å². The fourth-order valence-electron chi connectivity index (χ4n) is 1.12. The van der Waals surface area contributed by atoms with E-state index >= 15 is 0 Å². The molecule has 0 aliphatic carbocycles. The lowest BCUT2D eigenvalue weighted by atomic mass is 10.1. The lowest BCUT2D eigenvalue weighted by Gasteiger charge is -2.07. The van der Waals surface area contributed by atoms with E-state index in [1.165, 1.54) is 13.2 Å². The van der Waals surface area contributed by atoms with Crippen molar-refractivity contribution in [3.05, 3.63) is 32.6 Å². The molecule has 0 N–H and O–H groups in total. The molecule has 0 aliphatic heterocycles. The third-order valence-corrected chi connectivity index (χ3v) is 3.15. The Kier molecular flexibility index (Phi) is 3.86. The number of hydrogen-bond donors (Lipinski definition) is 0. The van der Waals surface area contributed by atoms with Crippen LogP contribution in [0.1, 0.15) is 11.1 Å². The number of esters is 1. The largest absolute Gasteiger partial charge is 0.469 e. The molecule has 0 amide bonds. The van der Waals surface area contributed by atoms with Gasteiger partial charge in [0.05, 0.1) is 17.1 Å². The van der Waals surface area contributed by atoms with Crippen LogP contribution in [-0.2, 0) is 16.0 Å². The molecule has 4 heteroatoms. The lowest BCUT2D eigenvalue weighted by Crippen LogP contribution is -2.08. The molecule has 2 nitrogen and oxygen atoms in total. The predicted octanol–water partition coefficient (Wildman–Crippen LogP) is 2.45. The molecular weight excluding hydrogens is 298 g/mol. The summed E-state index contributed by atoms with van der Waals surface area (Å²) in [5.74, 6) is -0.647. The number of ether oxygens (including phenoxy) is 1. The quantitative estimate of drug-likeness (QED) is 0.620. The van der Waals surface area contributed by atoms with Crippen molar-refractivity contribution < 1.29 is 13.9 Å². The smallest absolute Gasteiger partial charge is 0.310 e. The third-order valence-electron chi connectivity index (χ3n) is 1.98. The first-order valence-electron chi connectivity index (χ1n) is 4.06. The molecule has 1 aromatic rings. The maximum absolute atomic E-state index is 13.2. The molecule has 0 atom stereocenters. The summed E-state index contributed by atoms with van der Waals surface area (Å²) < 4.78 is 18.2. The van der Waals surface area contributed by atoms with Crippen LogP contribution in [0.2, 0.25) is 0 Å². The summed E-state index contributed by atoms with van der Waals surface area (Å²) in [5, 5.41) is 0. The summed E-state index contributed by atoms with van der Waals surface area (Å²) in [4.78, 5) is 11.0. The van der Waals surface area contributed by atoms with Gasteiger partial charge in [0.1, 0.15) is 5.82 Å². The van der Waals surface area contributed by atoms with Crippen molar-refractivity contribution in [1.82, 2.24) is 0 Å². The molecule has 0 radical (unpaired) electrons. The molecule has 0 aliphatic rings. The standard InChI is InChI=1S/C10H10FIO2/c1-6-3-4-8(11)10(12)7(6)5-9(13)14-2/h3-4H,5H2,1-2H3. The van der Waals surface area contributed by atoms with E-state index in [4.69, 9.17) is 0 Å². The maximum atomic E-state index is 13.2. The van der Waals surface area contributed by atoms with Crippen LogP contribution < -0.4 is 0 Å². The van der Waals surface area contributed by atoms with Gasteiger partial charge in [-0.3, -0.25) is 4.79 Å². The highest BCUT2D eigenvalue weighted by Crippen LogP contribution is 2.20. The van der Waals surface area contributed by atoms with Crippen LogP contribution in [-0.4, -0.2) is 13.1 Å². The van der Waals surface area contributed by atoms with E-state index < -0.39 is 0 Å². The number of benzene rings is 1. The monoisotopic (exact) mass is 308 g/mol. The number of aryl methyl sites for hydroxylation is 1. The average Bonchev–Trinajstić information content (AvgIpc) is 2.18. The first-order chi connectivity index (χ1) is 6.56. The van der Waals surface area contributed by atoms with Gasteiger partial charge in [0.15, 0.2) is 0 Å². The van der Waals surface area contributed by atoms with E-state index in [9.17, 15) is 9.18 Å². The van der Waals surface area contributed by atoms with E-state index in [0.29, 0.717) is 9.13 Å². The van der Waals surface area contributed by atoms with Gasteiger partial charge in [-0.1, -0.05) is 6.07 Å². The van der Waals surface area contributed by atoms with Crippen molar-refractivity contribution in [2.24, 2.45) is 0 Å². The molecule has 1 rings (SSSR count). The van der Waals surface area contributed by atoms with Crippen molar-refractivity contribution >= 4 is 28.6 Å². The molecule has 1 aromatic carbocycles. The van der Waals surface area contributed by atoms with Crippen molar-refractivity contribution in [3.63, 3.8) is 0 Å². The Morgan fingerprint density at radius 1 is 1.57 bits per heavy atom. The minimum atomic E-state index is -0.350. The number of methoxy groups -OCH3 is 1. The van der Waals surface area contributed by atoms with Gasteiger partial charge >= 0.3 is 5.97 Å². The van der Waals surface area contributed by atoms with Gasteiger partial charge in [-0.25, -0.2) is 4.39 Å². The Morgan fingerprint density at radius 3 is 2.79 bits per heavy atom. The second kappa shape index (κ2) is 4.72. The van der Waals surface area contributed by atoms with Crippen LogP contribution in [0.4, 0.5) is 4.39 Å². The predicted molar refractivity (Wildman–Crippen MR) is 59.6 cm³/mol. The van der Waals surface area contributed by atoms with Crippen LogP contribution in [0.3, 0.4) is 0 Å². The van der Waals surface area contributed by atoms with E-state index in [-0.39, 0.29) is 18.2 Å². The van der Waals surface area contributed by atoms with Gasteiger partial charge in [-0.05, 0) is 46.7 Å². The Morgan fingerprint density at radius 2 is 2.21 bits per heavy atom. The van der Waals surface area contributed by atoms with Gasteiger partial charge < -0.3 is 4.74 Å². The average molecular weight is 308 g/mol. The summed E-state index contributed by atoms with van der Waals surface area (Å²) >= 11 is 1.90. The molecule has 0 saturated carbocycles. The second-order valence-corrected chi connectivity index (χ2v) is 3.99. The molecular formula is C10H10FIO2. The first-order valence-corrected chi connectivity index (χ1v) is 5.14. The Bertz CT molecular complexity index is 363. The molecule has 0 heterocycles. The van der Waals surface area contributed by atoms with E-state index in [0.717, 1.165) is 5.56 Å². The normalized spacial score (nSPS) is 10.0. The van der Waals surface area contributed by atoms with Crippen molar-refractivity contribution in [3.8, 4) is 0 Å². The second-order valence-electron chi connectivity index (χ2n) is 2.91. The SMILES string of the molecule is COC(=O)Cc1c(C)ccc(F)c1I. The minimum Gasteiger partial charge on any atom is -0.469 e. The molecule has 0 aromatic heterocycles. The summed E-state index contributed by atoms with van der Waals surface area (Å²) in [6, 6.07) is 3.06. The zero-order valence-corrected chi connectivity index (χ0v) is 10.1. The molecule has 0 saturated heterocycles. The molecule has 0 fully saturated rings. The highest BCUT2D eigenvalue weighted by atomic mass is 127. The van der Waals surface area contributed by atoms with Crippen LogP contribution in [0.5, 0.6) is 0 Å². The maximum Gasteiger partial charge on any atom is 0.310 e. The van der Waals surface area contributed by atoms with Crippen molar-refractivity contribution in [2.75, 3.05) is 7.11 Å². The van der Waals surface area contributed by atoms with Gasteiger partial charge in [0.25, 0.3) is 0 Å². The molecule has 76 valence electrons. The summed E-state index contributed by atoms with van der Waals surface area (Å²) in [6.07, 6.45) is 0.123. The summed E-state index contributed by atoms with van der Waals surface area (Å²) in [5.41, 5.74) is 1.61. The van der Waals surface area contributed by atoms with Crippen molar-refractivity contribution in [2.45, 2.75) is 13.3 Å². The van der Waals surface area contributed by atoms with Crippen LogP contribution in [0.15, 0.2) is 12.1 Å². The first kappa shape index (κ1) is 11.4. The molecule has 0 spiro atoms. The zero-order chi connectivity index (χ0) is 10.7. The minimum absolute atomic E-state index is 0.123. The molecule has 14 heavy (non-hydrogen) atoms.